The molecule has 3 nitrogen and oxygen atoms in total. The molecule has 0 aliphatic heterocycles. The fourth-order valence-electron chi connectivity index (χ4n) is 2.86. The quantitative estimate of drug-likeness (QED) is 0.789. The summed E-state index contributed by atoms with van der Waals surface area (Å²) in [4.78, 5) is 2.29. The molecule has 1 aliphatic rings. The number of benzene rings is 1. The Labute approximate surface area is 122 Å². The van der Waals surface area contributed by atoms with Gasteiger partial charge < -0.3 is 4.90 Å². The monoisotopic (exact) mass is 271 g/mol. The maximum atomic E-state index is 9.61. The zero-order chi connectivity index (χ0) is 14.4. The first-order chi connectivity index (χ1) is 9.70. The van der Waals surface area contributed by atoms with Crippen molar-refractivity contribution >= 4 is 0 Å². The van der Waals surface area contributed by atoms with E-state index in [-0.39, 0.29) is 5.54 Å². The van der Waals surface area contributed by atoms with E-state index in [1.165, 1.54) is 18.4 Å². The number of rotatable bonds is 8. The van der Waals surface area contributed by atoms with Crippen LogP contribution in [0.15, 0.2) is 30.3 Å². The van der Waals surface area contributed by atoms with Crippen LogP contribution in [0.3, 0.4) is 0 Å². The van der Waals surface area contributed by atoms with Crippen molar-refractivity contribution in [1.82, 2.24) is 10.2 Å². The number of hydrogen-bond acceptors (Lipinski definition) is 3. The molecule has 0 spiro atoms. The normalized spacial score (nSPS) is 17.7. The zero-order valence-electron chi connectivity index (χ0n) is 12.6. The lowest BCUT2D eigenvalue weighted by Gasteiger charge is -2.32. The van der Waals surface area contributed by atoms with Crippen LogP contribution in [0, 0.1) is 17.2 Å². The molecule has 1 unspecified atom stereocenters. The molecule has 1 aromatic carbocycles. The van der Waals surface area contributed by atoms with Crippen LogP contribution in [0.1, 0.15) is 25.3 Å². The lowest BCUT2D eigenvalue weighted by molar-refractivity contribution is 0.232. The van der Waals surface area contributed by atoms with Gasteiger partial charge in [0.2, 0.25) is 0 Å². The van der Waals surface area contributed by atoms with E-state index < -0.39 is 0 Å². The van der Waals surface area contributed by atoms with Crippen molar-refractivity contribution in [2.45, 2.75) is 31.7 Å². The number of likely N-dealkylation sites (N-methyl/N-ethyl adjacent to an activating group) is 2. The van der Waals surface area contributed by atoms with Gasteiger partial charge in [0, 0.05) is 13.1 Å². The van der Waals surface area contributed by atoms with Crippen molar-refractivity contribution in [2.75, 3.05) is 26.7 Å². The summed E-state index contributed by atoms with van der Waals surface area (Å²) in [7, 11) is 2.12. The Morgan fingerprint density at radius 1 is 1.35 bits per heavy atom. The van der Waals surface area contributed by atoms with Gasteiger partial charge in [0.25, 0.3) is 0 Å². The van der Waals surface area contributed by atoms with E-state index in [0.29, 0.717) is 5.92 Å². The molecule has 1 N–H and O–H groups in total. The maximum absolute atomic E-state index is 9.61. The van der Waals surface area contributed by atoms with Gasteiger partial charge in [-0.15, -0.1) is 0 Å². The van der Waals surface area contributed by atoms with Gasteiger partial charge in [0.15, 0.2) is 0 Å². The standard InChI is InChI=1S/C17H25N3/c1-3-19-17(13-18,16-9-10-16)14-20(2)12-11-15-7-5-4-6-8-15/h4-8,16,19H,3,9-12,14H2,1-2H3. The van der Waals surface area contributed by atoms with Crippen LogP contribution >= 0.6 is 0 Å². The molecule has 108 valence electrons. The Hall–Kier alpha value is -1.37. The first-order valence-electron chi connectivity index (χ1n) is 7.59. The summed E-state index contributed by atoms with van der Waals surface area (Å²) in [6.07, 6.45) is 3.41. The van der Waals surface area contributed by atoms with Crippen molar-refractivity contribution in [3.63, 3.8) is 0 Å². The number of nitriles is 1. The second-order valence-electron chi connectivity index (χ2n) is 5.86. The molecule has 1 saturated carbocycles. The van der Waals surface area contributed by atoms with Gasteiger partial charge in [-0.25, -0.2) is 0 Å². The highest BCUT2D eigenvalue weighted by Gasteiger charge is 2.45. The molecular weight excluding hydrogens is 246 g/mol. The van der Waals surface area contributed by atoms with Crippen LogP contribution in [0.5, 0.6) is 0 Å². The number of nitrogens with one attached hydrogen (secondary N) is 1. The van der Waals surface area contributed by atoms with Crippen molar-refractivity contribution in [3.8, 4) is 6.07 Å². The van der Waals surface area contributed by atoms with Crippen LogP contribution in [0.2, 0.25) is 0 Å². The topological polar surface area (TPSA) is 39.1 Å². The van der Waals surface area contributed by atoms with Crippen LogP contribution in [-0.4, -0.2) is 37.1 Å². The van der Waals surface area contributed by atoms with E-state index in [9.17, 15) is 5.26 Å². The largest absolute Gasteiger partial charge is 0.303 e. The first-order valence-corrected chi connectivity index (χ1v) is 7.59. The highest BCUT2D eigenvalue weighted by atomic mass is 15.2. The lowest BCUT2D eigenvalue weighted by atomic mass is 9.94. The Morgan fingerprint density at radius 3 is 2.60 bits per heavy atom. The molecule has 0 heterocycles. The first kappa shape index (κ1) is 15.0. The molecule has 3 heteroatoms. The summed E-state index contributed by atoms with van der Waals surface area (Å²) in [5, 5.41) is 13.0. The maximum Gasteiger partial charge on any atom is 0.122 e. The second-order valence-corrected chi connectivity index (χ2v) is 5.86. The molecule has 1 aliphatic carbocycles. The van der Waals surface area contributed by atoms with E-state index >= 15 is 0 Å². The summed E-state index contributed by atoms with van der Waals surface area (Å²) < 4.78 is 0. The van der Waals surface area contributed by atoms with E-state index in [1.807, 2.05) is 6.07 Å². The Bertz CT molecular complexity index is 447. The third-order valence-electron chi connectivity index (χ3n) is 4.11. The Morgan fingerprint density at radius 2 is 2.05 bits per heavy atom. The summed E-state index contributed by atoms with van der Waals surface area (Å²) in [5.74, 6) is 0.534. The van der Waals surface area contributed by atoms with E-state index in [1.54, 1.807) is 0 Å². The third kappa shape index (κ3) is 3.82. The van der Waals surface area contributed by atoms with Gasteiger partial charge in [-0.05, 0) is 44.3 Å². The van der Waals surface area contributed by atoms with Crippen molar-refractivity contribution < 1.29 is 0 Å². The molecule has 0 amide bonds. The van der Waals surface area contributed by atoms with Crippen LogP contribution in [0.25, 0.3) is 0 Å². The summed E-state index contributed by atoms with van der Waals surface area (Å²) in [6, 6.07) is 13.1. The molecule has 0 saturated heterocycles. The van der Waals surface area contributed by atoms with Crippen LogP contribution < -0.4 is 5.32 Å². The van der Waals surface area contributed by atoms with Crippen molar-refractivity contribution in [3.05, 3.63) is 35.9 Å². The highest BCUT2D eigenvalue weighted by Crippen LogP contribution is 2.39. The van der Waals surface area contributed by atoms with Crippen molar-refractivity contribution in [1.29, 1.82) is 5.26 Å². The highest BCUT2D eigenvalue weighted by molar-refractivity contribution is 5.17. The van der Waals surface area contributed by atoms with Gasteiger partial charge in [0.1, 0.15) is 5.54 Å². The lowest BCUT2D eigenvalue weighted by Crippen LogP contribution is -2.53. The predicted octanol–water partition coefficient (Wildman–Crippen LogP) is 2.44. The molecule has 1 atom stereocenters. The molecule has 1 fully saturated rings. The van der Waals surface area contributed by atoms with Gasteiger partial charge in [-0.2, -0.15) is 5.26 Å². The minimum absolute atomic E-state index is 0.347. The summed E-state index contributed by atoms with van der Waals surface area (Å²) in [5.41, 5.74) is 1.01. The van der Waals surface area contributed by atoms with Crippen LogP contribution in [0.4, 0.5) is 0 Å². The second kappa shape index (κ2) is 6.88. The Balaban J connectivity index is 1.88. The van der Waals surface area contributed by atoms with Crippen molar-refractivity contribution in [2.24, 2.45) is 5.92 Å². The number of nitrogens with zero attached hydrogens (tertiary/aromatic N) is 2. The van der Waals surface area contributed by atoms with E-state index in [2.05, 4.69) is 54.5 Å². The van der Waals surface area contributed by atoms with Gasteiger partial charge in [-0.1, -0.05) is 37.3 Å². The fourth-order valence-corrected chi connectivity index (χ4v) is 2.86. The SMILES string of the molecule is CCNC(C#N)(CN(C)CCc1ccccc1)C1CC1. The molecule has 2 rings (SSSR count). The Kier molecular flexibility index (Phi) is 5.17. The molecule has 20 heavy (non-hydrogen) atoms. The molecule has 0 bridgehead atoms. The minimum Gasteiger partial charge on any atom is -0.303 e. The number of hydrogen-bond donors (Lipinski definition) is 1. The fraction of sp³-hybridized carbons (Fsp3) is 0.588. The average molecular weight is 271 g/mol. The molecule has 0 radical (unpaired) electrons. The van der Waals surface area contributed by atoms with Gasteiger partial charge in [0.05, 0.1) is 6.07 Å². The summed E-state index contributed by atoms with van der Waals surface area (Å²) in [6.45, 7) is 4.75. The van der Waals surface area contributed by atoms with E-state index in [0.717, 1.165) is 26.1 Å². The predicted molar refractivity (Wildman–Crippen MR) is 82.4 cm³/mol. The van der Waals surface area contributed by atoms with E-state index in [4.69, 9.17) is 0 Å². The summed E-state index contributed by atoms with van der Waals surface area (Å²) >= 11 is 0. The zero-order valence-corrected chi connectivity index (χ0v) is 12.6. The molecule has 0 aromatic heterocycles. The minimum atomic E-state index is -0.347. The van der Waals surface area contributed by atoms with Gasteiger partial charge in [-0.3, -0.25) is 5.32 Å². The smallest absolute Gasteiger partial charge is 0.122 e. The average Bonchev–Trinajstić information content (AvgIpc) is 3.31. The van der Waals surface area contributed by atoms with Gasteiger partial charge >= 0.3 is 0 Å². The van der Waals surface area contributed by atoms with Crippen LogP contribution in [-0.2, 0) is 6.42 Å². The molecular formula is C17H25N3. The third-order valence-corrected chi connectivity index (χ3v) is 4.11. The molecule has 1 aromatic rings.